The number of nitro benzene ring substituents is 1. The van der Waals surface area contributed by atoms with Gasteiger partial charge in [-0.3, -0.25) is 14.9 Å². The molecular formula is C17H16N6O4S. The summed E-state index contributed by atoms with van der Waals surface area (Å²) >= 11 is 1.15. The maximum absolute atomic E-state index is 12.3. The molecule has 0 aliphatic rings. The van der Waals surface area contributed by atoms with E-state index in [4.69, 9.17) is 4.74 Å². The van der Waals surface area contributed by atoms with Crippen molar-refractivity contribution in [3.8, 4) is 11.4 Å². The summed E-state index contributed by atoms with van der Waals surface area (Å²) in [5.41, 5.74) is 1.77. The van der Waals surface area contributed by atoms with E-state index in [1.165, 1.54) is 16.8 Å². The maximum atomic E-state index is 12.3. The number of methoxy groups -OCH3 is 1. The molecule has 0 unspecified atom stereocenters. The summed E-state index contributed by atoms with van der Waals surface area (Å²) in [6.45, 7) is 1.76. The van der Waals surface area contributed by atoms with Crippen LogP contribution in [0.1, 0.15) is 5.56 Å². The lowest BCUT2D eigenvalue weighted by Crippen LogP contribution is -2.15. The van der Waals surface area contributed by atoms with Gasteiger partial charge in [0.05, 0.1) is 29.2 Å². The molecule has 0 aliphatic heterocycles. The number of non-ortho nitro benzene ring substituents is 1. The standard InChI is InChI=1S/C17H16N6O4S/c1-11-3-4-13(23(25)26)9-15(11)18-16(24)10-28-17-19-20-21-22(17)12-5-7-14(27-2)8-6-12/h3-9H,10H2,1-2H3,(H,18,24). The first-order valence-electron chi connectivity index (χ1n) is 8.08. The highest BCUT2D eigenvalue weighted by atomic mass is 32.2. The quantitative estimate of drug-likeness (QED) is 0.364. The Hall–Kier alpha value is -3.47. The second-order valence-corrected chi connectivity index (χ2v) is 6.61. The Labute approximate surface area is 164 Å². The molecule has 1 heterocycles. The first-order chi connectivity index (χ1) is 13.5. The van der Waals surface area contributed by atoms with E-state index in [1.807, 2.05) is 0 Å². The van der Waals surface area contributed by atoms with Gasteiger partial charge < -0.3 is 10.1 Å². The summed E-state index contributed by atoms with van der Waals surface area (Å²) in [7, 11) is 1.58. The predicted molar refractivity (Wildman–Crippen MR) is 103 cm³/mol. The zero-order valence-corrected chi connectivity index (χ0v) is 15.8. The zero-order valence-electron chi connectivity index (χ0n) is 15.0. The first kappa shape index (κ1) is 19.3. The second-order valence-electron chi connectivity index (χ2n) is 5.66. The Morgan fingerprint density at radius 3 is 2.71 bits per heavy atom. The summed E-state index contributed by atoms with van der Waals surface area (Å²) in [5.74, 6) is 0.425. The molecule has 2 aromatic carbocycles. The molecular weight excluding hydrogens is 384 g/mol. The van der Waals surface area contributed by atoms with Gasteiger partial charge in [-0.25, -0.2) is 0 Å². The van der Waals surface area contributed by atoms with Gasteiger partial charge >= 0.3 is 0 Å². The first-order valence-corrected chi connectivity index (χ1v) is 9.07. The van der Waals surface area contributed by atoms with Crippen LogP contribution in [0.25, 0.3) is 5.69 Å². The monoisotopic (exact) mass is 400 g/mol. The van der Waals surface area contributed by atoms with E-state index in [1.54, 1.807) is 44.4 Å². The molecule has 0 bridgehead atoms. The van der Waals surface area contributed by atoms with Gasteiger partial charge in [0.1, 0.15) is 5.75 Å². The van der Waals surface area contributed by atoms with Crippen LogP contribution in [-0.2, 0) is 4.79 Å². The van der Waals surface area contributed by atoms with Crippen LogP contribution in [-0.4, -0.2) is 43.9 Å². The number of carbonyl (C=O) groups excluding carboxylic acids is 1. The van der Waals surface area contributed by atoms with E-state index in [2.05, 4.69) is 20.8 Å². The van der Waals surface area contributed by atoms with Crippen molar-refractivity contribution >= 4 is 29.0 Å². The zero-order chi connectivity index (χ0) is 20.1. The summed E-state index contributed by atoms with van der Waals surface area (Å²) in [4.78, 5) is 22.7. The minimum absolute atomic E-state index is 0.0403. The summed E-state index contributed by atoms with van der Waals surface area (Å²) < 4.78 is 6.63. The van der Waals surface area contributed by atoms with Crippen molar-refractivity contribution in [2.75, 3.05) is 18.2 Å². The number of nitrogens with one attached hydrogen (secondary N) is 1. The number of nitrogens with zero attached hydrogens (tertiary/aromatic N) is 5. The number of amides is 1. The number of ether oxygens (including phenoxy) is 1. The van der Waals surface area contributed by atoms with Crippen molar-refractivity contribution in [2.45, 2.75) is 12.1 Å². The fraction of sp³-hybridized carbons (Fsp3) is 0.176. The SMILES string of the molecule is COc1ccc(-n2nnnc2SCC(=O)Nc2cc([N+](=O)[O-])ccc2C)cc1. The van der Waals surface area contributed by atoms with Gasteiger partial charge in [0, 0.05) is 12.1 Å². The maximum Gasteiger partial charge on any atom is 0.271 e. The van der Waals surface area contributed by atoms with E-state index in [0.29, 0.717) is 16.6 Å². The lowest BCUT2D eigenvalue weighted by Gasteiger charge is -2.08. The van der Waals surface area contributed by atoms with E-state index in [-0.39, 0.29) is 17.3 Å². The molecule has 0 saturated carbocycles. The van der Waals surface area contributed by atoms with Crippen molar-refractivity contribution in [3.63, 3.8) is 0 Å². The van der Waals surface area contributed by atoms with Crippen molar-refractivity contribution in [2.24, 2.45) is 0 Å². The van der Waals surface area contributed by atoms with Crippen LogP contribution < -0.4 is 10.1 Å². The van der Waals surface area contributed by atoms with Crippen LogP contribution in [0.5, 0.6) is 5.75 Å². The summed E-state index contributed by atoms with van der Waals surface area (Å²) in [5, 5.41) is 25.5. The van der Waals surface area contributed by atoms with Crippen molar-refractivity contribution < 1.29 is 14.5 Å². The second kappa shape index (κ2) is 8.48. The molecule has 144 valence electrons. The number of tetrazole rings is 1. The number of anilines is 1. The largest absolute Gasteiger partial charge is 0.497 e. The molecule has 0 radical (unpaired) electrons. The van der Waals surface area contributed by atoms with Gasteiger partial charge in [-0.05, 0) is 47.2 Å². The Balaban J connectivity index is 1.67. The van der Waals surface area contributed by atoms with E-state index < -0.39 is 4.92 Å². The predicted octanol–water partition coefficient (Wildman–Crippen LogP) is 2.62. The molecule has 10 nitrogen and oxygen atoms in total. The molecule has 11 heteroatoms. The van der Waals surface area contributed by atoms with Crippen LogP contribution in [0, 0.1) is 17.0 Å². The number of hydrogen-bond donors (Lipinski definition) is 1. The fourth-order valence-corrected chi connectivity index (χ4v) is 3.02. The number of aryl methyl sites for hydroxylation is 1. The lowest BCUT2D eigenvalue weighted by molar-refractivity contribution is -0.384. The number of thioether (sulfide) groups is 1. The Morgan fingerprint density at radius 1 is 1.29 bits per heavy atom. The molecule has 3 rings (SSSR count). The molecule has 1 aromatic heterocycles. The van der Waals surface area contributed by atoms with Gasteiger partial charge in [0.2, 0.25) is 11.1 Å². The molecule has 0 atom stereocenters. The molecule has 0 saturated heterocycles. The van der Waals surface area contributed by atoms with Gasteiger partial charge in [0.25, 0.3) is 5.69 Å². The molecule has 1 N–H and O–H groups in total. The van der Waals surface area contributed by atoms with Gasteiger partial charge in [-0.1, -0.05) is 17.8 Å². The molecule has 0 spiro atoms. The number of rotatable bonds is 7. The van der Waals surface area contributed by atoms with Gasteiger partial charge in [-0.15, -0.1) is 5.10 Å². The topological polar surface area (TPSA) is 125 Å². The number of hydrogen-bond acceptors (Lipinski definition) is 8. The minimum atomic E-state index is -0.507. The normalized spacial score (nSPS) is 10.5. The molecule has 1 amide bonds. The summed E-state index contributed by atoms with van der Waals surface area (Å²) in [6, 6.07) is 11.5. The Morgan fingerprint density at radius 2 is 2.04 bits per heavy atom. The Kier molecular flexibility index (Phi) is 5.84. The molecule has 28 heavy (non-hydrogen) atoms. The third kappa shape index (κ3) is 4.43. The third-order valence-corrected chi connectivity index (χ3v) is 4.72. The lowest BCUT2D eigenvalue weighted by atomic mass is 10.2. The van der Waals surface area contributed by atoms with Crippen LogP contribution in [0.4, 0.5) is 11.4 Å². The van der Waals surface area contributed by atoms with Crippen LogP contribution in [0.2, 0.25) is 0 Å². The van der Waals surface area contributed by atoms with E-state index in [0.717, 1.165) is 23.0 Å². The number of benzene rings is 2. The summed E-state index contributed by atoms with van der Waals surface area (Å²) in [6.07, 6.45) is 0. The number of aromatic nitrogens is 4. The highest BCUT2D eigenvalue weighted by molar-refractivity contribution is 7.99. The van der Waals surface area contributed by atoms with Gasteiger partial charge in [0.15, 0.2) is 0 Å². The third-order valence-electron chi connectivity index (χ3n) is 3.80. The highest BCUT2D eigenvalue weighted by Crippen LogP contribution is 2.23. The van der Waals surface area contributed by atoms with Crippen molar-refractivity contribution in [3.05, 3.63) is 58.1 Å². The average Bonchev–Trinajstić information content (AvgIpc) is 3.16. The molecule has 0 fully saturated rings. The molecule has 3 aromatic rings. The van der Waals surface area contributed by atoms with Crippen LogP contribution in [0.15, 0.2) is 47.6 Å². The minimum Gasteiger partial charge on any atom is -0.497 e. The number of carbonyl (C=O) groups is 1. The van der Waals surface area contributed by atoms with Crippen molar-refractivity contribution in [1.29, 1.82) is 0 Å². The molecule has 0 aliphatic carbocycles. The van der Waals surface area contributed by atoms with Crippen LogP contribution >= 0.6 is 11.8 Å². The average molecular weight is 400 g/mol. The smallest absolute Gasteiger partial charge is 0.271 e. The highest BCUT2D eigenvalue weighted by Gasteiger charge is 2.14. The van der Waals surface area contributed by atoms with Crippen molar-refractivity contribution in [1.82, 2.24) is 20.2 Å². The van der Waals surface area contributed by atoms with E-state index >= 15 is 0 Å². The van der Waals surface area contributed by atoms with E-state index in [9.17, 15) is 14.9 Å². The Bertz CT molecular complexity index is 1010. The van der Waals surface area contributed by atoms with Crippen LogP contribution in [0.3, 0.4) is 0 Å². The number of nitro groups is 1. The fourth-order valence-electron chi connectivity index (χ4n) is 2.33. The van der Waals surface area contributed by atoms with Gasteiger partial charge in [-0.2, -0.15) is 4.68 Å².